The minimum absolute atomic E-state index is 0.0765. The molecule has 0 bridgehead atoms. The van der Waals surface area contributed by atoms with Gasteiger partial charge in [-0.05, 0) is 48.9 Å². The molecule has 1 amide bonds. The Kier molecular flexibility index (Phi) is 5.50. The molecule has 0 atom stereocenters. The molecule has 28 heavy (non-hydrogen) atoms. The van der Waals surface area contributed by atoms with Crippen molar-refractivity contribution in [2.75, 3.05) is 11.1 Å². The van der Waals surface area contributed by atoms with Gasteiger partial charge in [-0.1, -0.05) is 23.9 Å². The summed E-state index contributed by atoms with van der Waals surface area (Å²) in [5.41, 5.74) is 2.60. The number of rotatable bonds is 6. The van der Waals surface area contributed by atoms with Gasteiger partial charge in [0, 0.05) is 18.1 Å². The van der Waals surface area contributed by atoms with E-state index >= 15 is 0 Å². The maximum atomic E-state index is 12.3. The molecule has 1 N–H and O–H groups in total. The third-order valence-electron chi connectivity index (χ3n) is 3.82. The standard InChI is InChI=1S/C20H16N4O2S2/c1-13-11-14(26-19-21-9-4-10-22-19)7-8-15(13)23-18(25)12-27-20-24-16-5-2-3-6-17(16)28-20/h2-11H,12H2,1H3,(H,23,25). The molecule has 0 spiro atoms. The number of aromatic nitrogens is 3. The van der Waals surface area contributed by atoms with E-state index in [4.69, 9.17) is 4.74 Å². The van der Waals surface area contributed by atoms with Crippen LogP contribution in [0.15, 0.2) is 65.3 Å². The predicted molar refractivity (Wildman–Crippen MR) is 112 cm³/mol. The van der Waals surface area contributed by atoms with Crippen LogP contribution in [-0.2, 0) is 4.79 Å². The molecule has 4 aromatic rings. The number of nitrogens with zero attached hydrogens (tertiary/aromatic N) is 3. The number of aryl methyl sites for hydroxylation is 1. The second-order valence-electron chi connectivity index (χ2n) is 5.89. The summed E-state index contributed by atoms with van der Waals surface area (Å²) in [6.07, 6.45) is 3.24. The molecular weight excluding hydrogens is 392 g/mol. The van der Waals surface area contributed by atoms with E-state index in [0.717, 1.165) is 25.8 Å². The van der Waals surface area contributed by atoms with Crippen molar-refractivity contribution in [2.24, 2.45) is 0 Å². The van der Waals surface area contributed by atoms with Gasteiger partial charge in [0.05, 0.1) is 16.0 Å². The molecule has 0 unspecified atom stereocenters. The van der Waals surface area contributed by atoms with Gasteiger partial charge in [0.2, 0.25) is 5.91 Å². The van der Waals surface area contributed by atoms with Crippen molar-refractivity contribution < 1.29 is 9.53 Å². The molecule has 140 valence electrons. The molecule has 0 aliphatic carbocycles. The lowest BCUT2D eigenvalue weighted by Gasteiger charge is -2.10. The highest BCUT2D eigenvalue weighted by atomic mass is 32.2. The zero-order valence-electron chi connectivity index (χ0n) is 15.0. The second kappa shape index (κ2) is 8.37. The van der Waals surface area contributed by atoms with E-state index < -0.39 is 0 Å². The van der Waals surface area contributed by atoms with E-state index in [-0.39, 0.29) is 11.9 Å². The first kappa shape index (κ1) is 18.4. The number of benzene rings is 2. The number of ether oxygens (including phenoxy) is 1. The fourth-order valence-corrected chi connectivity index (χ4v) is 4.38. The first-order chi connectivity index (χ1) is 13.7. The van der Waals surface area contributed by atoms with Crippen molar-refractivity contribution in [3.63, 3.8) is 0 Å². The molecule has 6 nitrogen and oxygen atoms in total. The van der Waals surface area contributed by atoms with Gasteiger partial charge in [0.25, 0.3) is 0 Å². The molecule has 0 saturated heterocycles. The third-order valence-corrected chi connectivity index (χ3v) is 6.00. The molecule has 2 aromatic heterocycles. The van der Waals surface area contributed by atoms with E-state index in [1.54, 1.807) is 35.9 Å². The smallest absolute Gasteiger partial charge is 0.321 e. The van der Waals surface area contributed by atoms with Crippen LogP contribution in [0.3, 0.4) is 0 Å². The minimum Gasteiger partial charge on any atom is -0.424 e. The number of thioether (sulfide) groups is 1. The van der Waals surface area contributed by atoms with E-state index in [9.17, 15) is 4.79 Å². The van der Waals surface area contributed by atoms with Crippen molar-refractivity contribution in [3.8, 4) is 11.8 Å². The number of fused-ring (bicyclic) bond motifs is 1. The van der Waals surface area contributed by atoms with Crippen LogP contribution in [0.4, 0.5) is 5.69 Å². The molecule has 0 aliphatic heterocycles. The van der Waals surface area contributed by atoms with E-state index in [2.05, 4.69) is 20.3 Å². The van der Waals surface area contributed by atoms with Crippen LogP contribution in [0.25, 0.3) is 10.2 Å². The summed E-state index contributed by atoms with van der Waals surface area (Å²) in [6, 6.07) is 15.4. The Morgan fingerprint density at radius 1 is 1.14 bits per heavy atom. The van der Waals surface area contributed by atoms with Gasteiger partial charge in [0.1, 0.15) is 5.75 Å². The Labute approximate surface area is 170 Å². The van der Waals surface area contributed by atoms with Crippen LogP contribution in [0, 0.1) is 6.92 Å². The highest BCUT2D eigenvalue weighted by Gasteiger charge is 2.10. The summed E-state index contributed by atoms with van der Waals surface area (Å²) >= 11 is 3.03. The molecule has 0 saturated carbocycles. The maximum Gasteiger partial charge on any atom is 0.321 e. The topological polar surface area (TPSA) is 77.0 Å². The van der Waals surface area contributed by atoms with Crippen LogP contribution in [0.5, 0.6) is 11.8 Å². The summed E-state index contributed by atoms with van der Waals surface area (Å²) in [6.45, 7) is 1.91. The van der Waals surface area contributed by atoms with Crippen molar-refractivity contribution >= 4 is 44.9 Å². The molecular formula is C20H16N4O2S2. The minimum atomic E-state index is -0.0765. The van der Waals surface area contributed by atoms with Crippen molar-refractivity contribution in [1.82, 2.24) is 15.0 Å². The zero-order valence-corrected chi connectivity index (χ0v) is 16.6. The lowest BCUT2D eigenvalue weighted by Crippen LogP contribution is -2.14. The van der Waals surface area contributed by atoms with Gasteiger partial charge < -0.3 is 10.1 Å². The molecule has 0 radical (unpaired) electrons. The van der Waals surface area contributed by atoms with Gasteiger partial charge in [-0.2, -0.15) is 0 Å². The van der Waals surface area contributed by atoms with Crippen LogP contribution >= 0.6 is 23.1 Å². The largest absolute Gasteiger partial charge is 0.424 e. The number of para-hydroxylation sites is 1. The van der Waals surface area contributed by atoms with Gasteiger partial charge in [-0.3, -0.25) is 4.79 Å². The number of amides is 1. The summed E-state index contributed by atoms with van der Waals surface area (Å²) in [5, 5.41) is 2.94. The second-order valence-corrected chi connectivity index (χ2v) is 8.15. The quantitative estimate of drug-likeness (QED) is 0.457. The van der Waals surface area contributed by atoms with Gasteiger partial charge >= 0.3 is 6.01 Å². The Morgan fingerprint density at radius 2 is 1.96 bits per heavy atom. The monoisotopic (exact) mass is 408 g/mol. The number of hydrogen-bond acceptors (Lipinski definition) is 7. The van der Waals surface area contributed by atoms with Crippen LogP contribution in [-0.4, -0.2) is 26.6 Å². The Balaban J connectivity index is 1.36. The van der Waals surface area contributed by atoms with Crippen LogP contribution in [0.2, 0.25) is 0 Å². The highest BCUT2D eigenvalue weighted by Crippen LogP contribution is 2.29. The highest BCUT2D eigenvalue weighted by molar-refractivity contribution is 8.01. The lowest BCUT2D eigenvalue weighted by molar-refractivity contribution is -0.113. The summed E-state index contributed by atoms with van der Waals surface area (Å²) in [5.74, 6) is 0.841. The molecule has 0 aliphatic rings. The number of anilines is 1. The fourth-order valence-electron chi connectivity index (χ4n) is 2.51. The van der Waals surface area contributed by atoms with Gasteiger partial charge in [0.15, 0.2) is 4.34 Å². The van der Waals surface area contributed by atoms with E-state index in [1.807, 2.05) is 43.3 Å². The average molecular weight is 409 g/mol. The SMILES string of the molecule is Cc1cc(Oc2ncccn2)ccc1NC(=O)CSc1nc2ccccc2s1. The normalized spacial score (nSPS) is 10.8. The fraction of sp³-hybridized carbons (Fsp3) is 0.100. The number of hydrogen-bond donors (Lipinski definition) is 1. The van der Waals surface area contributed by atoms with Crippen LogP contribution < -0.4 is 10.1 Å². The predicted octanol–water partition coefficient (Wildman–Crippen LogP) is 4.92. The first-order valence-corrected chi connectivity index (χ1v) is 10.3. The van der Waals surface area contributed by atoms with Crippen molar-refractivity contribution in [3.05, 3.63) is 66.5 Å². The third kappa shape index (κ3) is 4.47. The molecule has 2 heterocycles. The zero-order chi connectivity index (χ0) is 19.3. The van der Waals surface area contributed by atoms with E-state index in [1.165, 1.54) is 11.8 Å². The molecule has 4 rings (SSSR count). The van der Waals surface area contributed by atoms with Gasteiger partial charge in [-0.15, -0.1) is 11.3 Å². The van der Waals surface area contributed by atoms with Crippen molar-refractivity contribution in [1.29, 1.82) is 0 Å². The van der Waals surface area contributed by atoms with Gasteiger partial charge in [-0.25, -0.2) is 15.0 Å². The Bertz CT molecular complexity index is 1080. The number of thiazole rings is 1. The Morgan fingerprint density at radius 3 is 2.75 bits per heavy atom. The number of carbonyl (C=O) groups excluding carboxylic acids is 1. The van der Waals surface area contributed by atoms with Crippen molar-refractivity contribution in [2.45, 2.75) is 11.3 Å². The number of carbonyl (C=O) groups is 1. The van der Waals surface area contributed by atoms with E-state index in [0.29, 0.717) is 11.5 Å². The number of nitrogens with one attached hydrogen (secondary N) is 1. The molecule has 0 fully saturated rings. The summed E-state index contributed by atoms with van der Waals surface area (Å²) < 4.78 is 7.62. The summed E-state index contributed by atoms with van der Waals surface area (Å²) in [4.78, 5) is 24.9. The summed E-state index contributed by atoms with van der Waals surface area (Å²) in [7, 11) is 0. The van der Waals surface area contributed by atoms with Crippen LogP contribution in [0.1, 0.15) is 5.56 Å². The lowest BCUT2D eigenvalue weighted by atomic mass is 10.2. The first-order valence-electron chi connectivity index (χ1n) is 8.51. The molecule has 8 heteroatoms. The molecule has 2 aromatic carbocycles. The Hall–Kier alpha value is -2.97. The average Bonchev–Trinajstić information content (AvgIpc) is 3.12. The maximum absolute atomic E-state index is 12.3.